The highest BCUT2D eigenvalue weighted by atomic mass is 35.5. The highest BCUT2D eigenvalue weighted by Gasteiger charge is 2.28. The zero-order chi connectivity index (χ0) is 23.8. The van der Waals surface area contributed by atoms with E-state index in [1.807, 2.05) is 0 Å². The van der Waals surface area contributed by atoms with Crippen molar-refractivity contribution in [1.29, 1.82) is 0 Å². The lowest BCUT2D eigenvalue weighted by atomic mass is 9.89. The maximum atomic E-state index is 13.5. The molecular weight excluding hydrogens is 461 g/mol. The number of aryl methyl sites for hydroxylation is 1. The highest BCUT2D eigenvalue weighted by molar-refractivity contribution is 6.34. The van der Waals surface area contributed by atoms with Gasteiger partial charge in [0.1, 0.15) is 10.8 Å². The molecule has 0 spiro atoms. The van der Waals surface area contributed by atoms with Crippen LogP contribution in [0, 0.1) is 5.82 Å². The van der Waals surface area contributed by atoms with Gasteiger partial charge in [-0.25, -0.2) is 4.39 Å². The molecule has 9 heteroatoms. The lowest BCUT2D eigenvalue weighted by Gasteiger charge is -2.33. The van der Waals surface area contributed by atoms with Crippen LogP contribution in [0.15, 0.2) is 53.5 Å². The van der Waals surface area contributed by atoms with Crippen LogP contribution in [-0.2, 0) is 7.05 Å². The average molecular weight is 484 g/mol. The third-order valence-corrected chi connectivity index (χ3v) is 6.67. The number of fused-ring (bicyclic) bond motifs is 1. The van der Waals surface area contributed by atoms with E-state index in [4.69, 9.17) is 21.1 Å². The minimum absolute atomic E-state index is 0.0628. The number of nitrogens with one attached hydrogen (secondary N) is 1. The molecule has 2 aliphatic heterocycles. The van der Waals surface area contributed by atoms with Crippen molar-refractivity contribution < 1.29 is 18.7 Å². The Hall–Kier alpha value is -3.52. The number of piperidine rings is 1. The van der Waals surface area contributed by atoms with E-state index in [0.717, 1.165) is 18.4 Å². The summed E-state index contributed by atoms with van der Waals surface area (Å²) in [6.07, 6.45) is 3.04. The fourth-order valence-electron chi connectivity index (χ4n) is 4.42. The van der Waals surface area contributed by atoms with Gasteiger partial charge >= 0.3 is 0 Å². The maximum Gasteiger partial charge on any atom is 0.271 e. The molecule has 0 bridgehead atoms. The Bertz CT molecular complexity index is 1300. The average Bonchev–Trinajstić information content (AvgIpc) is 3.32. The lowest BCUT2D eigenvalue weighted by Crippen LogP contribution is -2.39. The van der Waals surface area contributed by atoms with Crippen LogP contribution in [0.2, 0.25) is 5.02 Å². The first-order valence-corrected chi connectivity index (χ1v) is 11.4. The number of hydrogen-bond acceptors (Lipinski definition) is 5. The number of ether oxygens (including phenoxy) is 2. The number of aromatic nitrogens is 1. The number of nitrogens with zero attached hydrogens (tertiary/aromatic N) is 2. The van der Waals surface area contributed by atoms with Gasteiger partial charge in [-0.3, -0.25) is 9.59 Å². The predicted molar refractivity (Wildman–Crippen MR) is 127 cm³/mol. The Kier molecular flexibility index (Phi) is 5.91. The van der Waals surface area contributed by atoms with Crippen molar-refractivity contribution in [2.24, 2.45) is 7.05 Å². The third-order valence-electron chi connectivity index (χ3n) is 6.32. The number of rotatable bonds is 4. The molecule has 3 aromatic rings. The normalized spacial score (nSPS) is 15.4. The Balaban J connectivity index is 1.39. The lowest BCUT2D eigenvalue weighted by molar-refractivity contribution is 0.0713. The number of benzene rings is 2. The van der Waals surface area contributed by atoms with Gasteiger partial charge in [-0.1, -0.05) is 23.7 Å². The Morgan fingerprint density at radius 2 is 1.79 bits per heavy atom. The van der Waals surface area contributed by atoms with Crippen LogP contribution in [-0.4, -0.2) is 35.3 Å². The van der Waals surface area contributed by atoms with Crippen molar-refractivity contribution >= 4 is 28.9 Å². The summed E-state index contributed by atoms with van der Waals surface area (Å²) in [5.74, 6) is 0.991. The summed E-state index contributed by atoms with van der Waals surface area (Å²) < 4.78 is 25.3. The van der Waals surface area contributed by atoms with E-state index in [1.165, 1.54) is 22.9 Å². The Morgan fingerprint density at radius 3 is 2.53 bits per heavy atom. The van der Waals surface area contributed by atoms with Crippen molar-refractivity contribution in [2.75, 3.05) is 25.2 Å². The van der Waals surface area contributed by atoms with E-state index in [0.29, 0.717) is 35.8 Å². The zero-order valence-corrected chi connectivity index (χ0v) is 19.3. The van der Waals surface area contributed by atoms with Gasteiger partial charge in [0, 0.05) is 38.1 Å². The third kappa shape index (κ3) is 4.21. The van der Waals surface area contributed by atoms with Crippen molar-refractivity contribution in [2.45, 2.75) is 18.8 Å². The number of likely N-dealkylation sites (tertiary alicyclic amines) is 1. The first-order valence-electron chi connectivity index (χ1n) is 11.0. The van der Waals surface area contributed by atoms with Crippen LogP contribution in [0.5, 0.6) is 11.5 Å². The van der Waals surface area contributed by atoms with Crippen molar-refractivity contribution in [1.82, 2.24) is 9.47 Å². The second-order valence-electron chi connectivity index (χ2n) is 8.46. The fourth-order valence-corrected chi connectivity index (χ4v) is 4.70. The van der Waals surface area contributed by atoms with Gasteiger partial charge in [0.05, 0.1) is 11.3 Å². The van der Waals surface area contributed by atoms with Crippen molar-refractivity contribution in [3.05, 3.63) is 81.0 Å². The fraction of sp³-hybridized carbons (Fsp3) is 0.280. The largest absolute Gasteiger partial charge is 0.454 e. The molecule has 34 heavy (non-hydrogen) atoms. The van der Waals surface area contributed by atoms with Crippen LogP contribution in [0.4, 0.5) is 15.8 Å². The molecule has 2 aromatic carbocycles. The number of amides is 1. The van der Waals surface area contributed by atoms with Gasteiger partial charge in [-0.2, -0.15) is 0 Å². The van der Waals surface area contributed by atoms with Gasteiger partial charge in [-0.05, 0) is 48.6 Å². The molecular formula is C25H23ClFN3O4. The van der Waals surface area contributed by atoms with E-state index < -0.39 is 5.56 Å². The quantitative estimate of drug-likeness (QED) is 0.584. The molecule has 176 valence electrons. The second-order valence-corrected chi connectivity index (χ2v) is 8.84. The van der Waals surface area contributed by atoms with E-state index in [9.17, 15) is 14.0 Å². The Labute approximate surface area is 200 Å². The molecule has 1 fully saturated rings. The van der Waals surface area contributed by atoms with E-state index in [2.05, 4.69) is 5.32 Å². The molecule has 7 nitrogen and oxygen atoms in total. The predicted octanol–water partition coefficient (Wildman–Crippen LogP) is 4.67. The number of halogens is 2. The summed E-state index contributed by atoms with van der Waals surface area (Å²) in [7, 11) is 1.57. The standard InChI is InChI=1S/C25H23ClFN3O4/c1-29-13-19(24(31)30-10-8-16(9-11-30)15-2-4-17(27)5-3-15)23(22(26)25(29)32)28-18-6-7-20-21(12-18)34-14-33-20/h2-7,12-13,16,28H,8-11,14H2,1H3. The van der Waals surface area contributed by atoms with Gasteiger partial charge in [-0.15, -0.1) is 0 Å². The number of anilines is 2. The smallest absolute Gasteiger partial charge is 0.271 e. The first-order chi connectivity index (χ1) is 16.4. The zero-order valence-electron chi connectivity index (χ0n) is 18.5. The molecule has 0 atom stereocenters. The number of hydrogen-bond donors (Lipinski definition) is 1. The van der Waals surface area contributed by atoms with Crippen LogP contribution in [0.1, 0.15) is 34.7 Å². The van der Waals surface area contributed by atoms with Gasteiger partial charge < -0.3 is 24.3 Å². The van der Waals surface area contributed by atoms with Crippen molar-refractivity contribution in [3.8, 4) is 11.5 Å². The molecule has 0 aliphatic carbocycles. The first kappa shape index (κ1) is 22.3. The number of carbonyl (C=O) groups excluding carboxylic acids is 1. The molecule has 1 saturated heterocycles. The molecule has 0 saturated carbocycles. The molecule has 0 unspecified atom stereocenters. The SMILES string of the molecule is Cn1cc(C(=O)N2CCC(c3ccc(F)cc3)CC2)c(Nc2ccc3c(c2)OCO3)c(Cl)c1=O. The van der Waals surface area contributed by atoms with Crippen molar-refractivity contribution in [3.63, 3.8) is 0 Å². The van der Waals surface area contributed by atoms with Gasteiger partial charge in [0.15, 0.2) is 11.5 Å². The molecule has 5 rings (SSSR count). The molecule has 1 amide bonds. The number of pyridine rings is 1. The summed E-state index contributed by atoms with van der Waals surface area (Å²) in [5.41, 5.74) is 1.85. The van der Waals surface area contributed by atoms with E-state index in [1.54, 1.807) is 42.3 Å². The Morgan fingerprint density at radius 1 is 1.09 bits per heavy atom. The highest BCUT2D eigenvalue weighted by Crippen LogP contribution is 2.37. The summed E-state index contributed by atoms with van der Waals surface area (Å²) in [4.78, 5) is 27.8. The monoisotopic (exact) mass is 483 g/mol. The van der Waals surface area contributed by atoms with Crippen LogP contribution < -0.4 is 20.3 Å². The molecule has 1 aromatic heterocycles. The summed E-state index contributed by atoms with van der Waals surface area (Å²) >= 11 is 6.42. The van der Waals surface area contributed by atoms with Crippen LogP contribution in [0.25, 0.3) is 0 Å². The minimum atomic E-state index is -0.406. The summed E-state index contributed by atoms with van der Waals surface area (Å²) in [6, 6.07) is 11.8. The van der Waals surface area contributed by atoms with E-state index in [-0.39, 0.29) is 35.1 Å². The summed E-state index contributed by atoms with van der Waals surface area (Å²) in [5, 5.41) is 3.07. The minimum Gasteiger partial charge on any atom is -0.454 e. The molecule has 0 radical (unpaired) electrons. The second kappa shape index (κ2) is 9.02. The van der Waals surface area contributed by atoms with Gasteiger partial charge in [0.2, 0.25) is 6.79 Å². The van der Waals surface area contributed by atoms with Crippen LogP contribution in [0.3, 0.4) is 0 Å². The maximum absolute atomic E-state index is 13.5. The molecule has 2 aliphatic rings. The van der Waals surface area contributed by atoms with Crippen LogP contribution >= 0.6 is 11.6 Å². The summed E-state index contributed by atoms with van der Waals surface area (Å²) in [6.45, 7) is 1.23. The van der Waals surface area contributed by atoms with E-state index >= 15 is 0 Å². The molecule has 3 heterocycles. The molecule has 1 N–H and O–H groups in total. The number of carbonyl (C=O) groups is 1. The topological polar surface area (TPSA) is 72.8 Å². The van der Waals surface area contributed by atoms with Gasteiger partial charge in [0.25, 0.3) is 11.5 Å².